The van der Waals surface area contributed by atoms with Crippen molar-refractivity contribution in [2.24, 2.45) is 11.8 Å². The van der Waals surface area contributed by atoms with Gasteiger partial charge >= 0.3 is 18.0 Å². The van der Waals surface area contributed by atoms with E-state index in [0.717, 1.165) is 19.3 Å². The van der Waals surface area contributed by atoms with Crippen LogP contribution in [0.3, 0.4) is 0 Å². The largest absolute Gasteiger partial charge is 0.481 e. The molecule has 2 amide bonds. The Morgan fingerprint density at radius 3 is 2.43 bits per heavy atom. The van der Waals surface area contributed by atoms with Crippen LogP contribution in [0.2, 0.25) is 0 Å². The Bertz CT molecular complexity index is 386. The molecule has 0 aromatic carbocycles. The Labute approximate surface area is 124 Å². The summed E-state index contributed by atoms with van der Waals surface area (Å²) in [6.45, 7) is 2.69. The number of hydrogen-bond donors (Lipinski definition) is 4. The predicted octanol–water partition coefficient (Wildman–Crippen LogP) is 1.43. The van der Waals surface area contributed by atoms with Crippen molar-refractivity contribution in [3.05, 3.63) is 0 Å². The lowest BCUT2D eigenvalue weighted by atomic mass is 9.80. The van der Waals surface area contributed by atoms with Gasteiger partial charge in [-0.05, 0) is 24.7 Å². The van der Waals surface area contributed by atoms with E-state index in [-0.39, 0.29) is 12.8 Å². The molecule has 0 bridgehead atoms. The molecule has 0 heterocycles. The van der Waals surface area contributed by atoms with Gasteiger partial charge in [0.05, 0.1) is 0 Å². The number of carbonyl (C=O) groups is 3. The van der Waals surface area contributed by atoms with Gasteiger partial charge in [0.2, 0.25) is 0 Å². The van der Waals surface area contributed by atoms with Crippen molar-refractivity contribution in [1.29, 1.82) is 0 Å². The molecule has 1 rings (SSSR count). The average Bonchev–Trinajstić information content (AvgIpc) is 2.42. The van der Waals surface area contributed by atoms with E-state index in [1.54, 1.807) is 0 Å². The topological polar surface area (TPSA) is 116 Å². The quantitative estimate of drug-likeness (QED) is 0.567. The van der Waals surface area contributed by atoms with Crippen LogP contribution in [-0.2, 0) is 9.59 Å². The minimum absolute atomic E-state index is 0.127. The number of hydrogen-bond acceptors (Lipinski definition) is 3. The zero-order valence-electron chi connectivity index (χ0n) is 12.3. The van der Waals surface area contributed by atoms with Crippen molar-refractivity contribution in [3.63, 3.8) is 0 Å². The van der Waals surface area contributed by atoms with E-state index in [1.165, 1.54) is 6.42 Å². The van der Waals surface area contributed by atoms with E-state index in [0.29, 0.717) is 18.4 Å². The number of carboxylic acid groups (broad SMARTS) is 2. The third kappa shape index (κ3) is 6.46. The van der Waals surface area contributed by atoms with E-state index in [9.17, 15) is 14.4 Å². The lowest BCUT2D eigenvalue weighted by Crippen LogP contribution is -2.47. The van der Waals surface area contributed by atoms with E-state index in [4.69, 9.17) is 10.2 Å². The predicted molar refractivity (Wildman–Crippen MR) is 76.0 cm³/mol. The van der Waals surface area contributed by atoms with Crippen molar-refractivity contribution in [2.75, 3.05) is 6.54 Å². The molecule has 0 aromatic heterocycles. The van der Waals surface area contributed by atoms with Gasteiger partial charge in [0.1, 0.15) is 6.04 Å². The summed E-state index contributed by atoms with van der Waals surface area (Å²) >= 11 is 0. The molecule has 0 aliphatic heterocycles. The molecule has 1 saturated carbocycles. The minimum atomic E-state index is -1.22. The SMILES string of the molecule is CC1CCCCC1CNC(=O)NC(CCC(=O)O)C(=O)O. The van der Waals surface area contributed by atoms with Crippen LogP contribution in [0.4, 0.5) is 4.79 Å². The number of nitrogens with one attached hydrogen (secondary N) is 2. The molecule has 7 nitrogen and oxygen atoms in total. The highest BCUT2D eigenvalue weighted by Gasteiger charge is 2.24. The standard InChI is InChI=1S/C14H24N2O5/c1-9-4-2-3-5-10(9)8-15-14(21)16-11(13(19)20)6-7-12(17)18/h9-11H,2-8H2,1H3,(H,17,18)(H,19,20)(H2,15,16,21). The number of aliphatic carboxylic acids is 2. The van der Waals surface area contributed by atoms with Crippen molar-refractivity contribution < 1.29 is 24.6 Å². The molecule has 0 saturated heterocycles. The Balaban J connectivity index is 2.35. The first-order valence-electron chi connectivity index (χ1n) is 7.39. The maximum atomic E-state index is 11.7. The van der Waals surface area contributed by atoms with Crippen LogP contribution in [0.5, 0.6) is 0 Å². The second kappa shape index (κ2) is 8.49. The molecule has 1 fully saturated rings. The van der Waals surface area contributed by atoms with Gasteiger partial charge in [0.25, 0.3) is 0 Å². The number of carbonyl (C=O) groups excluding carboxylic acids is 1. The average molecular weight is 300 g/mol. The van der Waals surface area contributed by atoms with Gasteiger partial charge in [0.15, 0.2) is 0 Å². The normalized spacial score (nSPS) is 23.1. The lowest BCUT2D eigenvalue weighted by molar-refractivity contribution is -0.140. The maximum Gasteiger partial charge on any atom is 0.326 e. The summed E-state index contributed by atoms with van der Waals surface area (Å²) in [5.41, 5.74) is 0. The molecule has 3 unspecified atom stereocenters. The zero-order valence-corrected chi connectivity index (χ0v) is 12.3. The van der Waals surface area contributed by atoms with Crippen LogP contribution in [0.1, 0.15) is 45.4 Å². The summed E-state index contributed by atoms with van der Waals surface area (Å²) in [6.07, 6.45) is 4.19. The maximum absolute atomic E-state index is 11.7. The molecule has 1 aliphatic rings. The van der Waals surface area contributed by atoms with Gasteiger partial charge in [-0.15, -0.1) is 0 Å². The van der Waals surface area contributed by atoms with Crippen LogP contribution in [0, 0.1) is 11.8 Å². The summed E-state index contributed by atoms with van der Waals surface area (Å²) in [7, 11) is 0. The molecule has 0 radical (unpaired) electrons. The first-order valence-corrected chi connectivity index (χ1v) is 7.39. The van der Waals surface area contributed by atoms with Gasteiger partial charge < -0.3 is 20.8 Å². The zero-order chi connectivity index (χ0) is 15.8. The Hall–Kier alpha value is -1.79. The summed E-state index contributed by atoms with van der Waals surface area (Å²) in [5.74, 6) is -1.33. The fourth-order valence-electron chi connectivity index (χ4n) is 2.65. The summed E-state index contributed by atoms with van der Waals surface area (Å²) < 4.78 is 0. The minimum Gasteiger partial charge on any atom is -0.481 e. The molecule has 1 aliphatic carbocycles. The Morgan fingerprint density at radius 2 is 1.86 bits per heavy atom. The van der Waals surface area contributed by atoms with Crippen molar-refractivity contribution in [1.82, 2.24) is 10.6 Å². The molecular formula is C14H24N2O5. The summed E-state index contributed by atoms with van der Waals surface area (Å²) in [6, 6.07) is -1.73. The molecule has 21 heavy (non-hydrogen) atoms. The smallest absolute Gasteiger partial charge is 0.326 e. The molecular weight excluding hydrogens is 276 g/mol. The van der Waals surface area contributed by atoms with E-state index >= 15 is 0 Å². The van der Waals surface area contributed by atoms with E-state index in [1.807, 2.05) is 0 Å². The second-order valence-electron chi connectivity index (χ2n) is 5.70. The van der Waals surface area contributed by atoms with Crippen LogP contribution in [0.25, 0.3) is 0 Å². The Kier molecular flexibility index (Phi) is 6.98. The van der Waals surface area contributed by atoms with Crippen molar-refractivity contribution in [2.45, 2.75) is 51.5 Å². The van der Waals surface area contributed by atoms with E-state index < -0.39 is 24.0 Å². The molecule has 0 aromatic rings. The van der Waals surface area contributed by atoms with E-state index in [2.05, 4.69) is 17.6 Å². The fraction of sp³-hybridized carbons (Fsp3) is 0.786. The first kappa shape index (κ1) is 17.3. The highest BCUT2D eigenvalue weighted by molar-refractivity contribution is 5.82. The fourth-order valence-corrected chi connectivity index (χ4v) is 2.65. The molecule has 120 valence electrons. The monoisotopic (exact) mass is 300 g/mol. The lowest BCUT2D eigenvalue weighted by Gasteiger charge is -2.29. The molecule has 0 spiro atoms. The number of urea groups is 1. The molecule has 7 heteroatoms. The van der Waals surface area contributed by atoms with Gasteiger partial charge in [-0.2, -0.15) is 0 Å². The third-order valence-electron chi connectivity index (χ3n) is 4.06. The van der Waals surface area contributed by atoms with Crippen LogP contribution < -0.4 is 10.6 Å². The van der Waals surface area contributed by atoms with Gasteiger partial charge in [-0.25, -0.2) is 9.59 Å². The Morgan fingerprint density at radius 1 is 1.19 bits per heavy atom. The summed E-state index contributed by atoms with van der Waals surface area (Å²) in [4.78, 5) is 33.1. The van der Waals surface area contributed by atoms with Gasteiger partial charge in [0, 0.05) is 13.0 Å². The highest BCUT2D eigenvalue weighted by Crippen LogP contribution is 2.28. The number of rotatable bonds is 7. The van der Waals surface area contributed by atoms with Crippen LogP contribution in [-0.4, -0.2) is 40.8 Å². The third-order valence-corrected chi connectivity index (χ3v) is 4.06. The van der Waals surface area contributed by atoms with Crippen LogP contribution in [0.15, 0.2) is 0 Å². The molecule has 4 N–H and O–H groups in total. The van der Waals surface area contributed by atoms with Gasteiger partial charge in [-0.1, -0.05) is 26.2 Å². The molecule has 3 atom stereocenters. The second-order valence-corrected chi connectivity index (χ2v) is 5.70. The summed E-state index contributed by atoms with van der Waals surface area (Å²) in [5, 5.41) is 22.5. The number of amides is 2. The van der Waals surface area contributed by atoms with Gasteiger partial charge in [-0.3, -0.25) is 4.79 Å². The van der Waals surface area contributed by atoms with Crippen molar-refractivity contribution >= 4 is 18.0 Å². The van der Waals surface area contributed by atoms with Crippen LogP contribution >= 0.6 is 0 Å². The highest BCUT2D eigenvalue weighted by atomic mass is 16.4. The van der Waals surface area contributed by atoms with Crippen molar-refractivity contribution in [3.8, 4) is 0 Å². The first-order chi connectivity index (χ1) is 9.90. The number of carboxylic acids is 2.